The molecule has 0 bridgehead atoms. The van der Waals surface area contributed by atoms with Crippen molar-refractivity contribution in [2.45, 2.75) is 45.4 Å². The number of hydrogen-bond acceptors (Lipinski definition) is 4. The summed E-state index contributed by atoms with van der Waals surface area (Å²) in [5.41, 5.74) is 0. The van der Waals surface area contributed by atoms with Gasteiger partial charge >= 0.3 is 5.97 Å². The fourth-order valence-corrected chi connectivity index (χ4v) is 3.46. The zero-order valence-electron chi connectivity index (χ0n) is 13.0. The third kappa shape index (κ3) is 4.67. The molecule has 0 aliphatic rings. The molecule has 0 saturated heterocycles. The Balaban J connectivity index is 1.69. The van der Waals surface area contributed by atoms with Crippen LogP contribution in [0.3, 0.4) is 0 Å². The SMILES string of the molecule is CCOC(=O)CCCCCCC(=O)c1scc2ccccc12. The minimum atomic E-state index is -0.122. The number of unbranched alkanes of at least 4 members (excludes halogenated alkanes) is 3. The van der Waals surface area contributed by atoms with Gasteiger partial charge in [0.25, 0.3) is 0 Å². The fourth-order valence-electron chi connectivity index (χ4n) is 2.46. The van der Waals surface area contributed by atoms with E-state index >= 15 is 0 Å². The Bertz CT molecular complexity index is 630. The second kappa shape index (κ2) is 8.69. The van der Waals surface area contributed by atoms with E-state index in [0.717, 1.165) is 41.3 Å². The van der Waals surface area contributed by atoms with Crippen LogP contribution in [0.15, 0.2) is 29.6 Å². The molecule has 1 aromatic heterocycles. The highest BCUT2D eigenvalue weighted by molar-refractivity contribution is 7.13. The van der Waals surface area contributed by atoms with Gasteiger partial charge in [0, 0.05) is 18.2 Å². The van der Waals surface area contributed by atoms with Crippen molar-refractivity contribution in [1.82, 2.24) is 0 Å². The van der Waals surface area contributed by atoms with Crippen LogP contribution >= 0.6 is 11.3 Å². The van der Waals surface area contributed by atoms with Gasteiger partial charge in [-0.3, -0.25) is 9.59 Å². The molecule has 0 saturated carbocycles. The van der Waals surface area contributed by atoms with Crippen molar-refractivity contribution in [3.8, 4) is 0 Å². The van der Waals surface area contributed by atoms with Gasteiger partial charge in [-0.15, -0.1) is 11.3 Å². The molecule has 2 aromatic rings. The fraction of sp³-hybridized carbons (Fsp3) is 0.444. The molecule has 22 heavy (non-hydrogen) atoms. The number of Topliss-reactive ketones (excluding diaryl/α,β-unsaturated/α-hetero) is 1. The van der Waals surface area contributed by atoms with Crippen molar-refractivity contribution in [2.24, 2.45) is 0 Å². The Morgan fingerprint density at radius 2 is 1.77 bits per heavy atom. The maximum atomic E-state index is 12.3. The molecule has 4 heteroatoms. The largest absolute Gasteiger partial charge is 0.466 e. The van der Waals surface area contributed by atoms with Gasteiger partial charge in [0.15, 0.2) is 5.78 Å². The lowest BCUT2D eigenvalue weighted by Crippen LogP contribution is -2.03. The second-order valence-corrected chi connectivity index (χ2v) is 6.17. The monoisotopic (exact) mass is 318 g/mol. The van der Waals surface area contributed by atoms with E-state index in [-0.39, 0.29) is 11.8 Å². The number of carbonyl (C=O) groups excluding carboxylic acids is 2. The van der Waals surface area contributed by atoms with E-state index in [9.17, 15) is 9.59 Å². The van der Waals surface area contributed by atoms with E-state index in [1.165, 1.54) is 11.3 Å². The van der Waals surface area contributed by atoms with E-state index in [1.807, 2.05) is 36.6 Å². The number of ketones is 1. The Labute approximate surface area is 135 Å². The van der Waals surface area contributed by atoms with Crippen LogP contribution in [0.2, 0.25) is 0 Å². The van der Waals surface area contributed by atoms with Crippen LogP contribution < -0.4 is 0 Å². The van der Waals surface area contributed by atoms with E-state index in [4.69, 9.17) is 4.74 Å². The molecule has 0 unspecified atom stereocenters. The molecule has 0 aliphatic heterocycles. The predicted octanol–water partition coefficient (Wildman–Crippen LogP) is 4.99. The summed E-state index contributed by atoms with van der Waals surface area (Å²) in [7, 11) is 0. The van der Waals surface area contributed by atoms with Crippen molar-refractivity contribution in [1.29, 1.82) is 0 Å². The summed E-state index contributed by atoms with van der Waals surface area (Å²) < 4.78 is 4.88. The Kier molecular flexibility index (Phi) is 6.59. The van der Waals surface area contributed by atoms with Gasteiger partial charge in [0.05, 0.1) is 11.5 Å². The van der Waals surface area contributed by atoms with E-state index in [1.54, 1.807) is 0 Å². The summed E-state index contributed by atoms with van der Waals surface area (Å²) in [6.07, 6.45) is 4.75. The van der Waals surface area contributed by atoms with Gasteiger partial charge in [-0.25, -0.2) is 0 Å². The number of hydrogen-bond donors (Lipinski definition) is 0. The standard InChI is InChI=1S/C18H22O3S/c1-2-21-17(20)12-6-4-3-5-11-16(19)18-15-10-8-7-9-14(15)13-22-18/h7-10,13H,2-6,11-12H2,1H3. The molecule has 0 N–H and O–H groups in total. The number of thiophene rings is 1. The molecular weight excluding hydrogens is 296 g/mol. The number of benzene rings is 1. The first kappa shape index (κ1) is 16.7. The molecule has 0 atom stereocenters. The normalized spacial score (nSPS) is 10.8. The summed E-state index contributed by atoms with van der Waals surface area (Å²) in [5, 5.41) is 4.26. The van der Waals surface area contributed by atoms with E-state index in [2.05, 4.69) is 0 Å². The molecule has 3 nitrogen and oxygen atoms in total. The highest BCUT2D eigenvalue weighted by Gasteiger charge is 2.11. The molecular formula is C18H22O3S. The second-order valence-electron chi connectivity index (χ2n) is 5.29. The van der Waals surface area contributed by atoms with Crippen molar-refractivity contribution < 1.29 is 14.3 Å². The quantitative estimate of drug-likeness (QED) is 0.372. The van der Waals surface area contributed by atoms with E-state index in [0.29, 0.717) is 19.4 Å². The molecule has 118 valence electrons. The smallest absolute Gasteiger partial charge is 0.305 e. The lowest BCUT2D eigenvalue weighted by molar-refractivity contribution is -0.143. The maximum absolute atomic E-state index is 12.3. The van der Waals surface area contributed by atoms with Crippen LogP contribution in [-0.4, -0.2) is 18.4 Å². The first-order valence-electron chi connectivity index (χ1n) is 7.87. The molecule has 0 amide bonds. The van der Waals surface area contributed by atoms with Crippen LogP contribution in [0.4, 0.5) is 0 Å². The summed E-state index contributed by atoms with van der Waals surface area (Å²) in [5.74, 6) is 0.111. The first-order valence-corrected chi connectivity index (χ1v) is 8.75. The molecule has 0 fully saturated rings. The predicted molar refractivity (Wildman–Crippen MR) is 90.5 cm³/mol. The molecule has 0 spiro atoms. The van der Waals surface area contributed by atoms with Crippen LogP contribution in [0.5, 0.6) is 0 Å². The summed E-state index contributed by atoms with van der Waals surface area (Å²) in [6.45, 7) is 2.26. The molecule has 1 heterocycles. The number of carbonyl (C=O) groups is 2. The Hall–Kier alpha value is -1.68. The van der Waals surface area contributed by atoms with Crippen molar-refractivity contribution in [3.63, 3.8) is 0 Å². The third-order valence-electron chi connectivity index (χ3n) is 3.60. The van der Waals surface area contributed by atoms with Gasteiger partial charge in [0.2, 0.25) is 0 Å². The molecule has 0 aliphatic carbocycles. The molecule has 2 rings (SSSR count). The number of fused-ring (bicyclic) bond motifs is 1. The van der Waals surface area contributed by atoms with Gasteiger partial charge in [-0.05, 0) is 30.5 Å². The highest BCUT2D eigenvalue weighted by atomic mass is 32.1. The molecule has 0 radical (unpaired) electrons. The van der Waals surface area contributed by atoms with Crippen LogP contribution in [0.1, 0.15) is 55.1 Å². The van der Waals surface area contributed by atoms with Gasteiger partial charge in [0.1, 0.15) is 0 Å². The van der Waals surface area contributed by atoms with Crippen molar-refractivity contribution >= 4 is 33.9 Å². The van der Waals surface area contributed by atoms with Gasteiger partial charge in [-0.2, -0.15) is 0 Å². The lowest BCUT2D eigenvalue weighted by Gasteiger charge is -2.02. The van der Waals surface area contributed by atoms with Crippen molar-refractivity contribution in [3.05, 3.63) is 34.5 Å². The Morgan fingerprint density at radius 3 is 2.55 bits per heavy atom. The Morgan fingerprint density at radius 1 is 1.05 bits per heavy atom. The summed E-state index contributed by atoms with van der Waals surface area (Å²) in [4.78, 5) is 24.3. The minimum absolute atomic E-state index is 0.122. The third-order valence-corrected chi connectivity index (χ3v) is 4.66. The average molecular weight is 318 g/mol. The number of esters is 1. The topological polar surface area (TPSA) is 43.4 Å². The summed E-state index contributed by atoms with van der Waals surface area (Å²) >= 11 is 1.54. The zero-order valence-corrected chi connectivity index (χ0v) is 13.8. The maximum Gasteiger partial charge on any atom is 0.305 e. The van der Waals surface area contributed by atoms with Crippen LogP contribution in [0, 0.1) is 0 Å². The number of ether oxygens (including phenoxy) is 1. The van der Waals surface area contributed by atoms with Crippen molar-refractivity contribution in [2.75, 3.05) is 6.61 Å². The number of rotatable bonds is 9. The minimum Gasteiger partial charge on any atom is -0.466 e. The van der Waals surface area contributed by atoms with Crippen LogP contribution in [0.25, 0.3) is 10.8 Å². The lowest BCUT2D eigenvalue weighted by atomic mass is 10.1. The van der Waals surface area contributed by atoms with Gasteiger partial charge in [-0.1, -0.05) is 37.1 Å². The van der Waals surface area contributed by atoms with Crippen LogP contribution in [-0.2, 0) is 9.53 Å². The first-order chi connectivity index (χ1) is 10.7. The van der Waals surface area contributed by atoms with Gasteiger partial charge < -0.3 is 4.74 Å². The summed E-state index contributed by atoms with van der Waals surface area (Å²) in [6, 6.07) is 8.02. The van der Waals surface area contributed by atoms with E-state index < -0.39 is 0 Å². The molecule has 1 aromatic carbocycles. The highest BCUT2D eigenvalue weighted by Crippen LogP contribution is 2.27. The zero-order chi connectivity index (χ0) is 15.8. The average Bonchev–Trinajstić information content (AvgIpc) is 2.95.